The molecule has 2 N–H and O–H groups in total. The minimum Gasteiger partial charge on any atom is -0.383 e. The Morgan fingerprint density at radius 3 is 2.64 bits per heavy atom. The standard InChI is InChI=1S/C27H27Cl2N7/c1-27(2,3)15-32-24-17(12-30)13-31-26-21(24)10-19(11-22(26)29)33-25(16-4-6-18(28)7-5-16)23-14-36(35-34-23)20-8-9-20/h4-7,10-11,13-14,20,25,33H,8-9,15H2,1-3H3,(H,31,32)/i25D. The van der Waals surface area contributed by atoms with Crippen LogP contribution < -0.4 is 10.6 Å². The molecule has 36 heavy (non-hydrogen) atoms. The van der Waals surface area contributed by atoms with Crippen molar-refractivity contribution in [3.63, 3.8) is 0 Å². The highest BCUT2D eigenvalue weighted by Gasteiger charge is 2.27. The smallest absolute Gasteiger partial charge is 0.109 e. The van der Waals surface area contributed by atoms with Gasteiger partial charge in [-0.1, -0.05) is 61.3 Å². The molecule has 184 valence electrons. The number of aromatic nitrogens is 4. The summed E-state index contributed by atoms with van der Waals surface area (Å²) in [5.74, 6) is 0. The Balaban J connectivity index is 1.62. The first-order chi connectivity index (χ1) is 17.6. The second-order valence-electron chi connectivity index (χ2n) is 10.2. The van der Waals surface area contributed by atoms with Gasteiger partial charge in [0.15, 0.2) is 0 Å². The number of nitriles is 1. The summed E-state index contributed by atoms with van der Waals surface area (Å²) < 4.78 is 11.4. The summed E-state index contributed by atoms with van der Waals surface area (Å²) in [5, 5.41) is 26.8. The Morgan fingerprint density at radius 1 is 1.22 bits per heavy atom. The number of rotatable bonds is 7. The first-order valence-electron chi connectivity index (χ1n) is 12.3. The van der Waals surface area contributed by atoms with E-state index in [0.29, 0.717) is 61.7 Å². The second kappa shape index (κ2) is 9.61. The molecule has 1 atom stereocenters. The van der Waals surface area contributed by atoms with Gasteiger partial charge in [0.1, 0.15) is 11.8 Å². The van der Waals surface area contributed by atoms with Crippen LogP contribution in [-0.2, 0) is 0 Å². The van der Waals surface area contributed by atoms with E-state index >= 15 is 0 Å². The molecule has 0 radical (unpaired) electrons. The van der Waals surface area contributed by atoms with E-state index in [-0.39, 0.29) is 5.41 Å². The molecule has 0 spiro atoms. The summed E-state index contributed by atoms with van der Waals surface area (Å²) in [7, 11) is 0. The molecular formula is C27H27Cl2N7. The van der Waals surface area contributed by atoms with E-state index in [1.165, 1.54) is 6.20 Å². The molecule has 0 bridgehead atoms. The van der Waals surface area contributed by atoms with Gasteiger partial charge in [-0.3, -0.25) is 4.98 Å². The van der Waals surface area contributed by atoms with Crippen LogP contribution in [0.3, 0.4) is 0 Å². The van der Waals surface area contributed by atoms with E-state index < -0.39 is 6.02 Å². The molecule has 1 fully saturated rings. The van der Waals surface area contributed by atoms with Crippen molar-refractivity contribution in [2.45, 2.75) is 45.7 Å². The molecule has 9 heteroatoms. The number of anilines is 2. The van der Waals surface area contributed by atoms with Crippen molar-refractivity contribution in [1.29, 1.82) is 5.26 Å². The molecule has 1 aliphatic rings. The zero-order valence-electron chi connectivity index (χ0n) is 21.3. The number of nitrogens with zero attached hydrogens (tertiary/aromatic N) is 5. The molecule has 0 saturated heterocycles. The summed E-state index contributed by atoms with van der Waals surface area (Å²) in [5.41, 5.74) is 3.32. The molecule has 5 rings (SSSR count). The van der Waals surface area contributed by atoms with Crippen molar-refractivity contribution in [3.05, 3.63) is 75.7 Å². The van der Waals surface area contributed by atoms with Crippen molar-refractivity contribution >= 4 is 45.5 Å². The molecule has 0 amide bonds. The predicted molar refractivity (Wildman–Crippen MR) is 145 cm³/mol. The van der Waals surface area contributed by atoms with Gasteiger partial charge in [-0.25, -0.2) is 4.68 Å². The van der Waals surface area contributed by atoms with Gasteiger partial charge in [-0.15, -0.1) is 5.10 Å². The van der Waals surface area contributed by atoms with Crippen molar-refractivity contribution in [2.24, 2.45) is 5.41 Å². The lowest BCUT2D eigenvalue weighted by molar-refractivity contribution is 0.443. The van der Waals surface area contributed by atoms with E-state index in [9.17, 15) is 6.63 Å². The fourth-order valence-electron chi connectivity index (χ4n) is 3.91. The summed E-state index contributed by atoms with van der Waals surface area (Å²) in [6.07, 6.45) is 5.47. The number of pyridine rings is 1. The Morgan fingerprint density at radius 2 is 1.97 bits per heavy atom. The van der Waals surface area contributed by atoms with Crippen LogP contribution >= 0.6 is 23.2 Å². The summed E-state index contributed by atoms with van der Waals surface area (Å²) >= 11 is 12.8. The third-order valence-corrected chi connectivity index (χ3v) is 6.47. The maximum atomic E-state index is 9.77. The molecule has 2 aromatic carbocycles. The second-order valence-corrected chi connectivity index (χ2v) is 11.1. The summed E-state index contributed by atoms with van der Waals surface area (Å²) in [6.45, 7) is 6.99. The Hall–Kier alpha value is -3.34. The van der Waals surface area contributed by atoms with Gasteiger partial charge in [-0.2, -0.15) is 5.26 Å². The SMILES string of the molecule is [2H]C(Nc1cc(Cl)c2ncc(C#N)c(NCC(C)(C)C)c2c1)(c1ccc(Cl)cc1)c1cn(C2CC2)nn1. The third kappa shape index (κ3) is 5.25. The van der Waals surface area contributed by atoms with Crippen LogP contribution in [0.2, 0.25) is 10.0 Å². The molecule has 2 heterocycles. The maximum absolute atomic E-state index is 9.77. The van der Waals surface area contributed by atoms with Crippen molar-refractivity contribution in [2.75, 3.05) is 17.2 Å². The Kier molecular flexibility index (Phi) is 6.16. The van der Waals surface area contributed by atoms with E-state index in [0.717, 1.165) is 12.8 Å². The zero-order valence-corrected chi connectivity index (χ0v) is 21.8. The van der Waals surface area contributed by atoms with Crippen molar-refractivity contribution in [3.8, 4) is 6.07 Å². The van der Waals surface area contributed by atoms with E-state index in [1.807, 2.05) is 16.9 Å². The average Bonchev–Trinajstić information content (AvgIpc) is 3.58. The van der Waals surface area contributed by atoms with E-state index in [2.05, 4.69) is 52.8 Å². The minimum atomic E-state index is -1.48. The highest BCUT2D eigenvalue weighted by atomic mass is 35.5. The van der Waals surface area contributed by atoms with E-state index in [1.54, 1.807) is 30.3 Å². The van der Waals surface area contributed by atoms with E-state index in [4.69, 9.17) is 23.2 Å². The van der Waals surface area contributed by atoms with Gasteiger partial charge in [-0.05, 0) is 48.1 Å². The van der Waals surface area contributed by atoms with Gasteiger partial charge in [0.2, 0.25) is 0 Å². The maximum Gasteiger partial charge on any atom is 0.109 e. The fraction of sp³-hybridized carbons (Fsp3) is 0.333. The number of nitrogens with one attached hydrogen (secondary N) is 2. The molecule has 1 unspecified atom stereocenters. The summed E-state index contributed by atoms with van der Waals surface area (Å²) in [4.78, 5) is 4.44. The average molecular weight is 521 g/mol. The lowest BCUT2D eigenvalue weighted by Crippen LogP contribution is -2.20. The number of hydrogen-bond donors (Lipinski definition) is 2. The van der Waals surface area contributed by atoms with Crippen LogP contribution in [0.25, 0.3) is 10.9 Å². The van der Waals surface area contributed by atoms with Crippen LogP contribution in [0.15, 0.2) is 48.8 Å². The predicted octanol–water partition coefficient (Wildman–Crippen LogP) is 7.00. The number of fused-ring (bicyclic) bond motifs is 1. The molecule has 7 nitrogen and oxygen atoms in total. The topological polar surface area (TPSA) is 91.5 Å². The van der Waals surface area contributed by atoms with Crippen LogP contribution in [0.4, 0.5) is 11.4 Å². The molecule has 4 aromatic rings. The van der Waals surface area contributed by atoms with Crippen LogP contribution in [0, 0.1) is 16.7 Å². The van der Waals surface area contributed by atoms with Crippen LogP contribution in [0.1, 0.15) is 63.9 Å². The van der Waals surface area contributed by atoms with Crippen molar-refractivity contribution < 1.29 is 1.37 Å². The highest BCUT2D eigenvalue weighted by Crippen LogP contribution is 2.37. The normalized spacial score (nSPS) is 15.7. The number of benzene rings is 2. The quantitative estimate of drug-likeness (QED) is 0.272. The van der Waals surface area contributed by atoms with Gasteiger partial charge >= 0.3 is 0 Å². The molecule has 0 aliphatic heterocycles. The van der Waals surface area contributed by atoms with Gasteiger partial charge in [0.05, 0.1) is 41.4 Å². The molecule has 2 aromatic heterocycles. The number of halogens is 2. The monoisotopic (exact) mass is 520 g/mol. The van der Waals surface area contributed by atoms with Crippen molar-refractivity contribution in [1.82, 2.24) is 20.0 Å². The summed E-state index contributed by atoms with van der Waals surface area (Å²) in [6, 6.07) is 11.8. The molecule has 1 aliphatic carbocycles. The Labute approximate surface area is 221 Å². The fourth-order valence-corrected chi connectivity index (χ4v) is 4.31. The van der Waals surface area contributed by atoms with Crippen LogP contribution in [-0.4, -0.2) is 26.5 Å². The van der Waals surface area contributed by atoms with Gasteiger partial charge < -0.3 is 10.6 Å². The Bertz CT molecular complexity index is 1500. The minimum absolute atomic E-state index is 0.0136. The van der Waals surface area contributed by atoms with Gasteiger partial charge in [0, 0.05) is 28.8 Å². The van der Waals surface area contributed by atoms with Gasteiger partial charge in [0.25, 0.3) is 0 Å². The highest BCUT2D eigenvalue weighted by molar-refractivity contribution is 6.36. The molecule has 1 saturated carbocycles. The number of hydrogen-bond acceptors (Lipinski definition) is 6. The third-order valence-electron chi connectivity index (χ3n) is 5.93. The first-order valence-corrected chi connectivity index (χ1v) is 12.6. The van der Waals surface area contributed by atoms with Crippen LogP contribution in [0.5, 0.6) is 0 Å². The zero-order chi connectivity index (χ0) is 26.4. The first kappa shape index (κ1) is 23.1. The largest absolute Gasteiger partial charge is 0.383 e. The molecular weight excluding hydrogens is 493 g/mol. The lowest BCUT2D eigenvalue weighted by atomic mass is 9.96. The lowest BCUT2D eigenvalue weighted by Gasteiger charge is -2.22.